The molecule has 19 heavy (non-hydrogen) atoms. The third kappa shape index (κ3) is 4.53. The largest absolute Gasteiger partial charge is 0.444 e. The summed E-state index contributed by atoms with van der Waals surface area (Å²) in [5.41, 5.74) is -1.08. The van der Waals surface area contributed by atoms with Crippen molar-refractivity contribution in [2.75, 3.05) is 6.61 Å². The third-order valence-corrected chi connectivity index (χ3v) is 3.07. The minimum Gasteiger partial charge on any atom is -0.444 e. The van der Waals surface area contributed by atoms with Crippen molar-refractivity contribution in [3.63, 3.8) is 0 Å². The van der Waals surface area contributed by atoms with Crippen molar-refractivity contribution in [2.45, 2.75) is 71.8 Å². The van der Waals surface area contributed by atoms with Crippen molar-refractivity contribution in [1.82, 2.24) is 4.90 Å². The van der Waals surface area contributed by atoms with Gasteiger partial charge in [0.05, 0.1) is 12.6 Å². The molecule has 0 saturated carbocycles. The van der Waals surface area contributed by atoms with Gasteiger partial charge in [0.15, 0.2) is 0 Å². The van der Waals surface area contributed by atoms with Crippen LogP contribution in [0.2, 0.25) is 0 Å². The molecule has 1 heterocycles. The van der Waals surface area contributed by atoms with E-state index in [2.05, 4.69) is 6.08 Å². The highest BCUT2D eigenvalue weighted by molar-refractivity contribution is 5.69. The van der Waals surface area contributed by atoms with Crippen LogP contribution in [-0.4, -0.2) is 35.0 Å². The summed E-state index contributed by atoms with van der Waals surface area (Å²) in [7, 11) is 0. The Labute approximate surface area is 116 Å². The number of nitrogens with zero attached hydrogens (tertiary/aromatic N) is 1. The van der Waals surface area contributed by atoms with Gasteiger partial charge in [-0.15, -0.1) is 0 Å². The Morgan fingerprint density at radius 1 is 1.47 bits per heavy atom. The monoisotopic (exact) mass is 269 g/mol. The lowest BCUT2D eigenvalue weighted by molar-refractivity contribution is -0.0626. The Morgan fingerprint density at radius 2 is 2.11 bits per heavy atom. The highest BCUT2D eigenvalue weighted by Crippen LogP contribution is 2.31. The van der Waals surface area contributed by atoms with Crippen LogP contribution in [0.4, 0.5) is 4.79 Å². The summed E-state index contributed by atoms with van der Waals surface area (Å²) in [4.78, 5) is 14.1. The number of rotatable bonds is 3. The zero-order valence-corrected chi connectivity index (χ0v) is 13.0. The summed E-state index contributed by atoms with van der Waals surface area (Å²) < 4.78 is 11.2. The molecule has 0 spiro atoms. The molecule has 0 aromatic carbocycles. The number of ether oxygens (including phenoxy) is 2. The summed E-state index contributed by atoms with van der Waals surface area (Å²) in [6.07, 6.45) is 5.69. The average Bonchev–Trinajstić information content (AvgIpc) is 2.52. The lowest BCUT2D eigenvalue weighted by Gasteiger charge is -2.35. The third-order valence-electron chi connectivity index (χ3n) is 3.07. The van der Waals surface area contributed by atoms with Crippen LogP contribution in [0, 0.1) is 0 Å². The van der Waals surface area contributed by atoms with E-state index in [1.807, 2.05) is 47.6 Å². The molecule has 4 nitrogen and oxygen atoms in total. The quantitative estimate of drug-likeness (QED) is 0.733. The van der Waals surface area contributed by atoms with Crippen LogP contribution in [0.1, 0.15) is 54.4 Å². The van der Waals surface area contributed by atoms with Gasteiger partial charge >= 0.3 is 6.09 Å². The van der Waals surface area contributed by atoms with Crippen LogP contribution in [0.3, 0.4) is 0 Å². The average molecular weight is 269 g/mol. The summed E-state index contributed by atoms with van der Waals surface area (Å²) in [5.74, 6) is 0. The van der Waals surface area contributed by atoms with Gasteiger partial charge in [0.1, 0.15) is 11.3 Å². The molecule has 0 N–H and O–H groups in total. The van der Waals surface area contributed by atoms with Gasteiger partial charge in [0.25, 0.3) is 0 Å². The van der Waals surface area contributed by atoms with Gasteiger partial charge in [-0.05, 0) is 54.4 Å². The molecular weight excluding hydrogens is 242 g/mol. The summed E-state index contributed by atoms with van der Waals surface area (Å²) in [5, 5.41) is 0. The zero-order chi connectivity index (χ0) is 14.7. The molecule has 1 unspecified atom stereocenters. The van der Waals surface area contributed by atoms with Crippen LogP contribution in [0.5, 0.6) is 0 Å². The molecule has 110 valence electrons. The Balaban J connectivity index is 2.75. The maximum Gasteiger partial charge on any atom is 0.412 e. The molecular formula is C15H27NO3. The van der Waals surface area contributed by atoms with E-state index in [0.717, 1.165) is 12.8 Å². The van der Waals surface area contributed by atoms with Crippen LogP contribution >= 0.6 is 0 Å². The predicted octanol–water partition coefficient (Wildman–Crippen LogP) is 3.71. The van der Waals surface area contributed by atoms with E-state index < -0.39 is 11.3 Å². The van der Waals surface area contributed by atoms with E-state index >= 15 is 0 Å². The minimum absolute atomic E-state index is 0.0843. The minimum atomic E-state index is -0.594. The standard InChI is InChI=1S/C15H27NO3/c1-7-8-9-10-12-11-18-15(5,6)16(12)13(17)19-14(2,3)4/h7-8,12H,9-11H2,1-6H3. The first kappa shape index (κ1) is 16.0. The second-order valence-corrected chi connectivity index (χ2v) is 6.41. The van der Waals surface area contributed by atoms with E-state index in [4.69, 9.17) is 9.47 Å². The Kier molecular flexibility index (Phi) is 5.02. The number of amides is 1. The fourth-order valence-corrected chi connectivity index (χ4v) is 2.23. The molecule has 1 saturated heterocycles. The first-order valence-electron chi connectivity index (χ1n) is 6.95. The number of hydrogen-bond donors (Lipinski definition) is 0. The molecule has 0 radical (unpaired) electrons. The normalized spacial score (nSPS) is 23.1. The molecule has 1 aliphatic heterocycles. The number of carbonyl (C=O) groups is 1. The van der Waals surface area contributed by atoms with Crippen LogP contribution in [-0.2, 0) is 9.47 Å². The number of hydrogen-bond acceptors (Lipinski definition) is 3. The molecule has 1 rings (SSSR count). The molecule has 0 aromatic rings. The zero-order valence-electron chi connectivity index (χ0n) is 13.0. The van der Waals surface area contributed by atoms with Gasteiger partial charge in [0, 0.05) is 0 Å². The molecule has 1 amide bonds. The second kappa shape index (κ2) is 5.95. The molecule has 1 fully saturated rings. The highest BCUT2D eigenvalue weighted by Gasteiger charge is 2.45. The van der Waals surface area contributed by atoms with Crippen LogP contribution in [0.15, 0.2) is 12.2 Å². The maximum atomic E-state index is 12.3. The molecule has 1 aliphatic rings. The summed E-state index contributed by atoms with van der Waals surface area (Å²) in [6, 6.07) is 0.0843. The molecule has 0 aliphatic carbocycles. The first-order valence-corrected chi connectivity index (χ1v) is 6.95. The van der Waals surface area contributed by atoms with Crippen LogP contribution in [0.25, 0.3) is 0 Å². The van der Waals surface area contributed by atoms with Crippen molar-refractivity contribution in [3.8, 4) is 0 Å². The van der Waals surface area contributed by atoms with Crippen molar-refractivity contribution in [1.29, 1.82) is 0 Å². The number of allylic oxidation sites excluding steroid dienone is 2. The van der Waals surface area contributed by atoms with Gasteiger partial charge in [-0.25, -0.2) is 4.79 Å². The Bertz CT molecular complexity index is 342. The van der Waals surface area contributed by atoms with Crippen molar-refractivity contribution in [3.05, 3.63) is 12.2 Å². The summed E-state index contributed by atoms with van der Waals surface area (Å²) in [6.45, 7) is 12.0. The van der Waals surface area contributed by atoms with E-state index in [1.54, 1.807) is 4.90 Å². The van der Waals surface area contributed by atoms with Gasteiger partial charge in [-0.2, -0.15) is 0 Å². The highest BCUT2D eigenvalue weighted by atomic mass is 16.6. The van der Waals surface area contributed by atoms with E-state index in [0.29, 0.717) is 6.61 Å². The van der Waals surface area contributed by atoms with Gasteiger partial charge in [-0.3, -0.25) is 4.90 Å². The van der Waals surface area contributed by atoms with Crippen molar-refractivity contribution < 1.29 is 14.3 Å². The second-order valence-electron chi connectivity index (χ2n) is 6.41. The maximum absolute atomic E-state index is 12.3. The molecule has 0 aromatic heterocycles. The van der Waals surface area contributed by atoms with Crippen LogP contribution < -0.4 is 0 Å². The lowest BCUT2D eigenvalue weighted by atomic mass is 10.1. The molecule has 1 atom stereocenters. The smallest absolute Gasteiger partial charge is 0.412 e. The fourth-order valence-electron chi connectivity index (χ4n) is 2.23. The lowest BCUT2D eigenvalue weighted by Crippen LogP contribution is -2.49. The Hall–Kier alpha value is -1.03. The topological polar surface area (TPSA) is 38.8 Å². The van der Waals surface area contributed by atoms with E-state index in [-0.39, 0.29) is 12.1 Å². The van der Waals surface area contributed by atoms with E-state index in [9.17, 15) is 4.79 Å². The SMILES string of the molecule is CC=CCCC1COC(C)(C)N1C(=O)OC(C)(C)C. The first-order chi connectivity index (χ1) is 8.67. The van der Waals surface area contributed by atoms with E-state index in [1.165, 1.54) is 0 Å². The van der Waals surface area contributed by atoms with Crippen molar-refractivity contribution >= 4 is 6.09 Å². The van der Waals surface area contributed by atoms with Crippen molar-refractivity contribution in [2.24, 2.45) is 0 Å². The molecule has 4 heteroatoms. The number of carbonyl (C=O) groups excluding carboxylic acids is 1. The van der Waals surface area contributed by atoms with Gasteiger partial charge in [-0.1, -0.05) is 12.2 Å². The fraction of sp³-hybridized carbons (Fsp3) is 0.800. The molecule has 0 bridgehead atoms. The summed E-state index contributed by atoms with van der Waals surface area (Å²) >= 11 is 0. The van der Waals surface area contributed by atoms with Gasteiger partial charge < -0.3 is 9.47 Å². The predicted molar refractivity (Wildman–Crippen MR) is 75.9 cm³/mol. The Morgan fingerprint density at radius 3 is 2.63 bits per heavy atom. The van der Waals surface area contributed by atoms with Gasteiger partial charge in [0.2, 0.25) is 0 Å².